The van der Waals surface area contributed by atoms with Crippen molar-refractivity contribution in [2.24, 2.45) is 0 Å². The van der Waals surface area contributed by atoms with E-state index in [0.29, 0.717) is 31.7 Å². The van der Waals surface area contributed by atoms with Gasteiger partial charge in [-0.3, -0.25) is 4.79 Å². The molecule has 0 saturated carbocycles. The largest absolute Gasteiger partial charge is 0.417 e. The number of carbonyl (C=O) groups excluding carboxylic acids is 1. The summed E-state index contributed by atoms with van der Waals surface area (Å²) in [5.74, 6) is 0.399. The maximum absolute atomic E-state index is 13.2. The Hall–Kier alpha value is -2.84. The molecule has 1 aliphatic rings. The number of nitrogen functional groups attached to an aromatic ring is 1. The van der Waals surface area contributed by atoms with E-state index in [1.54, 1.807) is 4.90 Å². The molecular weight excluding hydrogens is 359 g/mol. The molecule has 0 spiro atoms. The fourth-order valence-corrected chi connectivity index (χ4v) is 3.07. The molecule has 3 N–H and O–H groups in total. The van der Waals surface area contributed by atoms with E-state index in [4.69, 9.17) is 5.73 Å². The van der Waals surface area contributed by atoms with Crippen LogP contribution in [-0.4, -0.2) is 40.4 Å². The zero-order chi connectivity index (χ0) is 19.4. The minimum Gasteiger partial charge on any atom is -0.370 e. The van der Waals surface area contributed by atoms with Crippen molar-refractivity contribution in [2.45, 2.75) is 25.4 Å². The van der Waals surface area contributed by atoms with Gasteiger partial charge in [-0.1, -0.05) is 18.2 Å². The van der Waals surface area contributed by atoms with E-state index in [1.165, 1.54) is 24.3 Å². The number of nitrogens with two attached hydrogens (primary N) is 1. The predicted octanol–water partition coefficient (Wildman–Crippen LogP) is 3.17. The van der Waals surface area contributed by atoms with Crippen LogP contribution in [0.2, 0.25) is 0 Å². The summed E-state index contributed by atoms with van der Waals surface area (Å²) in [6.07, 6.45) is -2.31. The minimum atomic E-state index is -4.49. The lowest BCUT2D eigenvalue weighted by atomic mass is 10.0. The highest BCUT2D eigenvalue weighted by Gasteiger charge is 2.33. The Morgan fingerprint density at radius 2 is 2.00 bits per heavy atom. The number of benzene rings is 1. The van der Waals surface area contributed by atoms with Gasteiger partial charge in [0.25, 0.3) is 0 Å². The van der Waals surface area contributed by atoms with E-state index in [9.17, 15) is 18.0 Å². The van der Waals surface area contributed by atoms with Crippen molar-refractivity contribution in [3.63, 3.8) is 0 Å². The Morgan fingerprint density at radius 3 is 2.70 bits per heavy atom. The van der Waals surface area contributed by atoms with Crippen LogP contribution in [-0.2, 0) is 11.0 Å². The van der Waals surface area contributed by atoms with Crippen molar-refractivity contribution in [1.82, 2.24) is 14.9 Å². The first-order valence-electron chi connectivity index (χ1n) is 8.67. The number of halogens is 3. The quantitative estimate of drug-likeness (QED) is 0.753. The molecule has 2 heterocycles. The number of nitrogens with one attached hydrogen (secondary N) is 1. The molecule has 1 fully saturated rings. The standard InChI is InChI=1S/C18H20F3N5O/c19-18(20,21)13-6-2-1-5-12(13)14-11-15(25-17(22)24-14)23-8-4-10-26-9-3-7-16(26)27/h1-2,5-6,11H,3-4,7-10H2,(H3,22,23,24,25). The van der Waals surface area contributed by atoms with Crippen molar-refractivity contribution in [1.29, 1.82) is 0 Å². The lowest BCUT2D eigenvalue weighted by molar-refractivity contribution is -0.137. The van der Waals surface area contributed by atoms with E-state index in [0.717, 1.165) is 19.0 Å². The Balaban J connectivity index is 1.71. The van der Waals surface area contributed by atoms with Gasteiger partial charge in [0.2, 0.25) is 11.9 Å². The molecular formula is C18H20F3N5O. The predicted molar refractivity (Wildman–Crippen MR) is 95.8 cm³/mol. The average Bonchev–Trinajstić information content (AvgIpc) is 3.02. The van der Waals surface area contributed by atoms with Crippen LogP contribution in [0.3, 0.4) is 0 Å². The van der Waals surface area contributed by atoms with Gasteiger partial charge in [-0.15, -0.1) is 0 Å². The first kappa shape index (κ1) is 18.9. The Morgan fingerprint density at radius 1 is 1.22 bits per heavy atom. The van der Waals surface area contributed by atoms with Gasteiger partial charge in [0.1, 0.15) is 5.82 Å². The van der Waals surface area contributed by atoms with Crippen LogP contribution in [0.1, 0.15) is 24.8 Å². The number of carbonyl (C=O) groups is 1. The van der Waals surface area contributed by atoms with Gasteiger partial charge in [-0.25, -0.2) is 4.98 Å². The minimum absolute atomic E-state index is 0.0511. The summed E-state index contributed by atoms with van der Waals surface area (Å²) in [5, 5.41) is 3.04. The van der Waals surface area contributed by atoms with Crippen molar-refractivity contribution in [3.05, 3.63) is 35.9 Å². The highest BCUT2D eigenvalue weighted by atomic mass is 19.4. The molecule has 0 radical (unpaired) electrons. The number of nitrogens with zero attached hydrogens (tertiary/aromatic N) is 3. The third-order valence-corrected chi connectivity index (χ3v) is 4.33. The van der Waals surface area contributed by atoms with Gasteiger partial charge in [-0.05, 0) is 18.9 Å². The number of anilines is 2. The normalized spacial score (nSPS) is 14.6. The molecule has 144 valence electrons. The number of amides is 1. The molecule has 0 aliphatic carbocycles. The lowest BCUT2D eigenvalue weighted by Gasteiger charge is -2.16. The van der Waals surface area contributed by atoms with Crippen LogP contribution >= 0.6 is 0 Å². The molecule has 0 bridgehead atoms. The number of rotatable bonds is 6. The fraction of sp³-hybridized carbons (Fsp3) is 0.389. The second kappa shape index (κ2) is 7.81. The fourth-order valence-electron chi connectivity index (χ4n) is 3.07. The first-order chi connectivity index (χ1) is 12.8. The maximum Gasteiger partial charge on any atom is 0.417 e. The van der Waals surface area contributed by atoms with Gasteiger partial charge in [0, 0.05) is 37.7 Å². The molecule has 9 heteroatoms. The van der Waals surface area contributed by atoms with Crippen LogP contribution < -0.4 is 11.1 Å². The summed E-state index contributed by atoms with van der Waals surface area (Å²) < 4.78 is 39.7. The molecule has 0 unspecified atom stereocenters. The smallest absolute Gasteiger partial charge is 0.370 e. The molecule has 1 aromatic carbocycles. The second-order valence-corrected chi connectivity index (χ2v) is 6.30. The Labute approximate surface area is 154 Å². The SMILES string of the molecule is Nc1nc(NCCCN2CCCC2=O)cc(-c2ccccc2C(F)(F)F)n1. The van der Waals surface area contributed by atoms with Crippen molar-refractivity contribution in [3.8, 4) is 11.3 Å². The van der Waals surface area contributed by atoms with E-state index < -0.39 is 11.7 Å². The van der Waals surface area contributed by atoms with Crippen LogP contribution in [0.5, 0.6) is 0 Å². The summed E-state index contributed by atoms with van der Waals surface area (Å²) in [6.45, 7) is 1.93. The monoisotopic (exact) mass is 379 g/mol. The van der Waals surface area contributed by atoms with E-state index in [1.807, 2.05) is 0 Å². The molecule has 27 heavy (non-hydrogen) atoms. The molecule has 1 amide bonds. The van der Waals surface area contributed by atoms with Crippen molar-refractivity contribution >= 4 is 17.7 Å². The van der Waals surface area contributed by atoms with Gasteiger partial charge >= 0.3 is 6.18 Å². The first-order valence-corrected chi connectivity index (χ1v) is 8.67. The van der Waals surface area contributed by atoms with Crippen LogP contribution in [0, 0.1) is 0 Å². The summed E-state index contributed by atoms with van der Waals surface area (Å²) in [5.41, 5.74) is 4.96. The zero-order valence-corrected chi connectivity index (χ0v) is 14.6. The van der Waals surface area contributed by atoms with E-state index in [-0.39, 0.29) is 23.1 Å². The van der Waals surface area contributed by atoms with Crippen LogP contribution in [0.4, 0.5) is 24.9 Å². The summed E-state index contributed by atoms with van der Waals surface area (Å²) >= 11 is 0. The molecule has 1 aliphatic heterocycles. The summed E-state index contributed by atoms with van der Waals surface area (Å²) in [4.78, 5) is 21.4. The number of alkyl halides is 3. The number of hydrogen-bond donors (Lipinski definition) is 2. The molecule has 2 aromatic rings. The number of likely N-dealkylation sites (tertiary alicyclic amines) is 1. The summed E-state index contributed by atoms with van der Waals surface area (Å²) in [6, 6.07) is 6.65. The van der Waals surface area contributed by atoms with Crippen LogP contribution in [0.25, 0.3) is 11.3 Å². The average molecular weight is 379 g/mol. The van der Waals surface area contributed by atoms with E-state index >= 15 is 0 Å². The molecule has 0 atom stereocenters. The van der Waals surface area contributed by atoms with Gasteiger partial charge in [-0.2, -0.15) is 18.2 Å². The van der Waals surface area contributed by atoms with E-state index in [2.05, 4.69) is 15.3 Å². The summed E-state index contributed by atoms with van der Waals surface area (Å²) in [7, 11) is 0. The third-order valence-electron chi connectivity index (χ3n) is 4.33. The molecule has 1 aromatic heterocycles. The topological polar surface area (TPSA) is 84.1 Å². The Kier molecular flexibility index (Phi) is 5.48. The van der Waals surface area contributed by atoms with Crippen molar-refractivity contribution in [2.75, 3.05) is 30.7 Å². The zero-order valence-electron chi connectivity index (χ0n) is 14.6. The number of aromatic nitrogens is 2. The molecule has 3 rings (SSSR count). The number of hydrogen-bond acceptors (Lipinski definition) is 5. The van der Waals surface area contributed by atoms with Crippen LogP contribution in [0.15, 0.2) is 30.3 Å². The Bertz CT molecular complexity index is 825. The highest BCUT2D eigenvalue weighted by molar-refractivity contribution is 5.78. The van der Waals surface area contributed by atoms with Gasteiger partial charge in [0.05, 0.1) is 11.3 Å². The third kappa shape index (κ3) is 4.66. The van der Waals surface area contributed by atoms with Gasteiger partial charge < -0.3 is 16.0 Å². The maximum atomic E-state index is 13.2. The second-order valence-electron chi connectivity index (χ2n) is 6.30. The van der Waals surface area contributed by atoms with Gasteiger partial charge in [0.15, 0.2) is 0 Å². The highest BCUT2D eigenvalue weighted by Crippen LogP contribution is 2.36. The molecule has 1 saturated heterocycles. The lowest BCUT2D eigenvalue weighted by Crippen LogP contribution is -2.27. The van der Waals surface area contributed by atoms with Crippen molar-refractivity contribution < 1.29 is 18.0 Å². The molecule has 6 nitrogen and oxygen atoms in total.